The highest BCUT2D eigenvalue weighted by molar-refractivity contribution is 8.00. The third-order valence-corrected chi connectivity index (χ3v) is 6.50. The number of nitrogens with zero attached hydrogens (tertiary/aromatic N) is 1. The third kappa shape index (κ3) is 4.49. The SMILES string of the molecule is CCc1ccc(C(=O)Nc2cccc(C3SCC(=O)N3c3cc(C)ccc3F)c2)cc1. The molecule has 1 N–H and O–H groups in total. The molecule has 3 aromatic rings. The zero-order valence-electron chi connectivity index (χ0n) is 17.4. The van der Waals surface area contributed by atoms with E-state index in [9.17, 15) is 14.0 Å². The molecule has 1 heterocycles. The minimum Gasteiger partial charge on any atom is -0.322 e. The number of rotatable bonds is 5. The molecule has 4 rings (SSSR count). The number of nitrogens with one attached hydrogen (secondary N) is 1. The predicted molar refractivity (Wildman–Crippen MR) is 124 cm³/mol. The van der Waals surface area contributed by atoms with Gasteiger partial charge >= 0.3 is 0 Å². The highest BCUT2D eigenvalue weighted by atomic mass is 32.2. The van der Waals surface area contributed by atoms with Crippen molar-refractivity contribution in [3.63, 3.8) is 0 Å². The lowest BCUT2D eigenvalue weighted by Crippen LogP contribution is -2.28. The number of aryl methyl sites for hydroxylation is 2. The van der Waals surface area contributed by atoms with Crippen molar-refractivity contribution < 1.29 is 14.0 Å². The molecule has 1 aliphatic rings. The summed E-state index contributed by atoms with van der Waals surface area (Å²) in [6.07, 6.45) is 0.916. The first-order chi connectivity index (χ1) is 15.0. The van der Waals surface area contributed by atoms with E-state index in [1.807, 2.05) is 49.4 Å². The van der Waals surface area contributed by atoms with Gasteiger partial charge in [0.05, 0.1) is 11.4 Å². The first-order valence-electron chi connectivity index (χ1n) is 10.2. The van der Waals surface area contributed by atoms with Gasteiger partial charge < -0.3 is 5.32 Å². The number of halogens is 1. The molecular weight excluding hydrogens is 411 g/mol. The molecule has 31 heavy (non-hydrogen) atoms. The van der Waals surface area contributed by atoms with Crippen LogP contribution in [0.3, 0.4) is 0 Å². The summed E-state index contributed by atoms with van der Waals surface area (Å²) in [6, 6.07) is 19.7. The highest BCUT2D eigenvalue weighted by Crippen LogP contribution is 2.43. The molecule has 6 heteroatoms. The third-order valence-electron chi connectivity index (χ3n) is 5.28. The topological polar surface area (TPSA) is 49.4 Å². The van der Waals surface area contributed by atoms with Crippen LogP contribution in [0, 0.1) is 12.7 Å². The zero-order chi connectivity index (χ0) is 22.0. The van der Waals surface area contributed by atoms with Gasteiger partial charge in [-0.25, -0.2) is 4.39 Å². The van der Waals surface area contributed by atoms with Crippen LogP contribution in [0.25, 0.3) is 0 Å². The lowest BCUT2D eigenvalue weighted by Gasteiger charge is -2.25. The van der Waals surface area contributed by atoms with E-state index >= 15 is 0 Å². The normalized spacial score (nSPS) is 15.9. The maximum Gasteiger partial charge on any atom is 0.255 e. The summed E-state index contributed by atoms with van der Waals surface area (Å²) in [5.74, 6) is -0.480. The van der Waals surface area contributed by atoms with Crippen LogP contribution in [0.15, 0.2) is 66.7 Å². The van der Waals surface area contributed by atoms with Crippen LogP contribution in [0.5, 0.6) is 0 Å². The molecule has 0 spiro atoms. The Labute approximate surface area is 185 Å². The van der Waals surface area contributed by atoms with Crippen molar-refractivity contribution in [2.24, 2.45) is 0 Å². The molecule has 4 nitrogen and oxygen atoms in total. The number of hydrogen-bond donors (Lipinski definition) is 1. The van der Waals surface area contributed by atoms with Gasteiger partial charge in [0.2, 0.25) is 5.91 Å². The lowest BCUT2D eigenvalue weighted by atomic mass is 10.1. The van der Waals surface area contributed by atoms with Gasteiger partial charge in [0, 0.05) is 11.3 Å². The largest absolute Gasteiger partial charge is 0.322 e. The van der Waals surface area contributed by atoms with Crippen LogP contribution >= 0.6 is 11.8 Å². The average molecular weight is 435 g/mol. The Morgan fingerprint density at radius 3 is 2.65 bits per heavy atom. The maximum absolute atomic E-state index is 14.5. The molecule has 0 saturated carbocycles. The van der Waals surface area contributed by atoms with Crippen LogP contribution in [0.4, 0.5) is 15.8 Å². The van der Waals surface area contributed by atoms with Crippen LogP contribution < -0.4 is 10.2 Å². The van der Waals surface area contributed by atoms with Crippen molar-refractivity contribution in [2.75, 3.05) is 16.0 Å². The van der Waals surface area contributed by atoms with E-state index in [0.29, 0.717) is 11.3 Å². The Morgan fingerprint density at radius 2 is 1.90 bits per heavy atom. The number of benzene rings is 3. The fourth-order valence-corrected chi connectivity index (χ4v) is 4.76. The molecule has 1 fully saturated rings. The monoisotopic (exact) mass is 434 g/mol. The summed E-state index contributed by atoms with van der Waals surface area (Å²) in [4.78, 5) is 26.7. The Morgan fingerprint density at radius 1 is 1.13 bits per heavy atom. The van der Waals surface area contributed by atoms with E-state index in [1.165, 1.54) is 28.3 Å². The molecule has 1 unspecified atom stereocenters. The number of carbonyl (C=O) groups excluding carboxylic acids is 2. The van der Waals surface area contributed by atoms with Gasteiger partial charge in [-0.1, -0.05) is 37.3 Å². The molecule has 1 saturated heterocycles. The molecule has 0 radical (unpaired) electrons. The van der Waals surface area contributed by atoms with E-state index in [4.69, 9.17) is 0 Å². The van der Waals surface area contributed by atoms with Gasteiger partial charge in [-0.3, -0.25) is 14.5 Å². The van der Waals surface area contributed by atoms with E-state index in [-0.39, 0.29) is 28.6 Å². The number of carbonyl (C=O) groups is 2. The molecule has 3 aromatic carbocycles. The molecular formula is C25H23FN2O2S. The Bertz CT molecular complexity index is 1130. The van der Waals surface area contributed by atoms with Gasteiger partial charge in [0.25, 0.3) is 5.91 Å². The number of thioether (sulfide) groups is 1. The molecule has 0 aromatic heterocycles. The van der Waals surface area contributed by atoms with Crippen LogP contribution in [0.2, 0.25) is 0 Å². The molecule has 158 valence electrons. The Hall–Kier alpha value is -3.12. The van der Waals surface area contributed by atoms with Crippen molar-refractivity contribution in [3.05, 3.63) is 94.8 Å². The lowest BCUT2D eigenvalue weighted by molar-refractivity contribution is -0.115. The fourth-order valence-electron chi connectivity index (χ4n) is 3.60. The fraction of sp³-hybridized carbons (Fsp3) is 0.200. The second kappa shape index (κ2) is 8.94. The second-order valence-electron chi connectivity index (χ2n) is 7.51. The summed E-state index contributed by atoms with van der Waals surface area (Å²) in [5.41, 5.74) is 4.38. The highest BCUT2D eigenvalue weighted by Gasteiger charge is 2.35. The maximum atomic E-state index is 14.5. The van der Waals surface area contributed by atoms with Gasteiger partial charge in [0.15, 0.2) is 0 Å². The van der Waals surface area contributed by atoms with Crippen LogP contribution in [-0.2, 0) is 11.2 Å². The van der Waals surface area contributed by atoms with E-state index in [0.717, 1.165) is 17.5 Å². The van der Waals surface area contributed by atoms with Gasteiger partial charge in [-0.05, 0) is 66.4 Å². The van der Waals surface area contributed by atoms with Crippen molar-refractivity contribution in [1.29, 1.82) is 0 Å². The number of anilines is 2. The average Bonchev–Trinajstić information content (AvgIpc) is 3.17. The van der Waals surface area contributed by atoms with Crippen molar-refractivity contribution in [2.45, 2.75) is 25.6 Å². The summed E-state index contributed by atoms with van der Waals surface area (Å²) < 4.78 is 14.5. The molecule has 1 atom stereocenters. The number of hydrogen-bond acceptors (Lipinski definition) is 3. The summed E-state index contributed by atoms with van der Waals surface area (Å²) in [6.45, 7) is 3.94. The summed E-state index contributed by atoms with van der Waals surface area (Å²) >= 11 is 1.45. The summed E-state index contributed by atoms with van der Waals surface area (Å²) in [7, 11) is 0. The zero-order valence-corrected chi connectivity index (χ0v) is 18.2. The van der Waals surface area contributed by atoms with Gasteiger partial charge in [-0.2, -0.15) is 0 Å². The van der Waals surface area contributed by atoms with Gasteiger partial charge in [-0.15, -0.1) is 11.8 Å². The quantitative estimate of drug-likeness (QED) is 0.558. The first kappa shape index (κ1) is 21.1. The van der Waals surface area contributed by atoms with Crippen molar-refractivity contribution in [3.8, 4) is 0 Å². The number of amides is 2. The predicted octanol–water partition coefficient (Wildman–Crippen LogP) is 5.73. The minimum atomic E-state index is -0.425. The Balaban J connectivity index is 1.58. The minimum absolute atomic E-state index is 0.134. The standard InChI is InChI=1S/C25H23FN2O2S/c1-3-17-8-10-18(11-9-17)24(30)27-20-6-4-5-19(14-20)25-28(23(29)15-31-25)22-13-16(2)7-12-21(22)26/h4-14,25H,3,15H2,1-2H3,(H,27,30). The van der Waals surface area contributed by atoms with Crippen LogP contribution in [-0.4, -0.2) is 17.6 Å². The van der Waals surface area contributed by atoms with Crippen LogP contribution in [0.1, 0.15) is 39.3 Å². The van der Waals surface area contributed by atoms with E-state index in [1.54, 1.807) is 18.2 Å². The van der Waals surface area contributed by atoms with E-state index in [2.05, 4.69) is 12.2 Å². The van der Waals surface area contributed by atoms with Gasteiger partial charge in [0.1, 0.15) is 11.2 Å². The molecule has 2 amide bonds. The van der Waals surface area contributed by atoms with Crippen molar-refractivity contribution >= 4 is 35.0 Å². The molecule has 0 aliphatic carbocycles. The van der Waals surface area contributed by atoms with E-state index < -0.39 is 5.82 Å². The summed E-state index contributed by atoms with van der Waals surface area (Å²) in [5, 5.41) is 2.56. The Kier molecular flexibility index (Phi) is 6.09. The van der Waals surface area contributed by atoms with Crippen molar-refractivity contribution in [1.82, 2.24) is 0 Å². The first-order valence-corrected chi connectivity index (χ1v) is 11.2. The smallest absolute Gasteiger partial charge is 0.255 e. The second-order valence-corrected chi connectivity index (χ2v) is 8.58. The molecule has 1 aliphatic heterocycles. The molecule has 0 bridgehead atoms.